The standard InChI is InChI=1S/C14H10N4OS/c1-8-3-2-4-9(7-8)11-16-17-14-15-12(19)10-5-6-20-13(10)18(11)14/h2-7H,1H3,(H,15,17,19). The van der Waals surface area contributed by atoms with Crippen LogP contribution < -0.4 is 5.56 Å². The molecule has 3 heterocycles. The third-order valence-corrected chi connectivity index (χ3v) is 4.16. The largest absolute Gasteiger partial charge is 0.290 e. The van der Waals surface area contributed by atoms with Crippen LogP contribution in [0.3, 0.4) is 0 Å². The number of aromatic nitrogens is 4. The van der Waals surface area contributed by atoms with Gasteiger partial charge in [-0.1, -0.05) is 23.8 Å². The average Bonchev–Trinajstić information content (AvgIpc) is 3.04. The van der Waals surface area contributed by atoms with Crippen molar-refractivity contribution in [3.8, 4) is 11.4 Å². The number of nitrogens with one attached hydrogen (secondary N) is 1. The Morgan fingerprint density at radius 1 is 1.25 bits per heavy atom. The number of aryl methyl sites for hydroxylation is 1. The summed E-state index contributed by atoms with van der Waals surface area (Å²) in [6.45, 7) is 2.04. The number of H-pyrrole nitrogens is 1. The molecule has 0 amide bonds. The van der Waals surface area contributed by atoms with Gasteiger partial charge in [-0.3, -0.25) is 14.2 Å². The second-order valence-corrected chi connectivity index (χ2v) is 5.54. The summed E-state index contributed by atoms with van der Waals surface area (Å²) < 4.78 is 1.90. The van der Waals surface area contributed by atoms with Gasteiger partial charge >= 0.3 is 0 Å². The third kappa shape index (κ3) is 1.51. The summed E-state index contributed by atoms with van der Waals surface area (Å²) in [5.41, 5.74) is 2.02. The van der Waals surface area contributed by atoms with Gasteiger partial charge in [-0.25, -0.2) is 0 Å². The zero-order valence-corrected chi connectivity index (χ0v) is 11.4. The number of hydrogen-bond donors (Lipinski definition) is 1. The smallest absolute Gasteiger partial charge is 0.261 e. The number of aromatic amines is 1. The lowest BCUT2D eigenvalue weighted by molar-refractivity contribution is 1.09. The van der Waals surface area contributed by atoms with Crippen molar-refractivity contribution in [3.63, 3.8) is 0 Å². The van der Waals surface area contributed by atoms with Gasteiger partial charge in [0.05, 0.1) is 5.39 Å². The van der Waals surface area contributed by atoms with Crippen LogP contribution in [0.25, 0.3) is 27.4 Å². The van der Waals surface area contributed by atoms with E-state index in [1.54, 1.807) is 0 Å². The van der Waals surface area contributed by atoms with E-state index in [4.69, 9.17) is 0 Å². The molecule has 3 aromatic heterocycles. The van der Waals surface area contributed by atoms with Gasteiger partial charge in [0.15, 0.2) is 5.82 Å². The minimum atomic E-state index is -0.128. The molecule has 0 radical (unpaired) electrons. The summed E-state index contributed by atoms with van der Waals surface area (Å²) in [5.74, 6) is 1.22. The first-order chi connectivity index (χ1) is 9.74. The number of fused-ring (bicyclic) bond motifs is 3. The van der Waals surface area contributed by atoms with E-state index < -0.39 is 0 Å². The maximum Gasteiger partial charge on any atom is 0.261 e. The van der Waals surface area contributed by atoms with Crippen LogP contribution in [0.5, 0.6) is 0 Å². The number of benzene rings is 1. The lowest BCUT2D eigenvalue weighted by Gasteiger charge is -2.02. The van der Waals surface area contributed by atoms with Gasteiger partial charge in [0.25, 0.3) is 5.56 Å². The third-order valence-electron chi connectivity index (χ3n) is 3.26. The summed E-state index contributed by atoms with van der Waals surface area (Å²) in [4.78, 5) is 15.6. The normalized spacial score (nSPS) is 11.4. The van der Waals surface area contributed by atoms with Gasteiger partial charge in [-0.15, -0.1) is 21.5 Å². The van der Waals surface area contributed by atoms with Crippen LogP contribution in [0.1, 0.15) is 5.56 Å². The van der Waals surface area contributed by atoms with Gasteiger partial charge in [0.2, 0.25) is 5.78 Å². The molecule has 0 saturated carbocycles. The van der Waals surface area contributed by atoms with E-state index >= 15 is 0 Å². The molecule has 0 fully saturated rings. The van der Waals surface area contributed by atoms with Crippen molar-refractivity contribution in [2.45, 2.75) is 6.92 Å². The predicted molar refractivity (Wildman–Crippen MR) is 79.2 cm³/mol. The molecule has 0 spiro atoms. The molecule has 0 atom stereocenters. The molecule has 1 N–H and O–H groups in total. The van der Waals surface area contributed by atoms with E-state index in [0.717, 1.165) is 21.8 Å². The highest BCUT2D eigenvalue weighted by atomic mass is 32.1. The van der Waals surface area contributed by atoms with Crippen molar-refractivity contribution in [1.82, 2.24) is 19.6 Å². The van der Waals surface area contributed by atoms with Crippen LogP contribution in [0.2, 0.25) is 0 Å². The summed E-state index contributed by atoms with van der Waals surface area (Å²) >= 11 is 1.51. The fourth-order valence-electron chi connectivity index (χ4n) is 2.34. The van der Waals surface area contributed by atoms with Crippen LogP contribution >= 0.6 is 11.3 Å². The zero-order valence-electron chi connectivity index (χ0n) is 10.6. The van der Waals surface area contributed by atoms with Crippen LogP contribution in [-0.2, 0) is 0 Å². The van der Waals surface area contributed by atoms with E-state index in [9.17, 15) is 4.79 Å². The van der Waals surface area contributed by atoms with Crippen molar-refractivity contribution in [3.05, 3.63) is 51.6 Å². The minimum Gasteiger partial charge on any atom is -0.290 e. The first kappa shape index (κ1) is 11.4. The minimum absolute atomic E-state index is 0.128. The van der Waals surface area contributed by atoms with Gasteiger partial charge in [0.1, 0.15) is 4.83 Å². The number of thiophene rings is 1. The molecular formula is C14H10N4OS. The second kappa shape index (κ2) is 4.01. The number of rotatable bonds is 1. The van der Waals surface area contributed by atoms with Crippen LogP contribution in [0.4, 0.5) is 0 Å². The molecule has 0 aliphatic heterocycles. The van der Waals surface area contributed by atoms with Crippen molar-refractivity contribution in [1.29, 1.82) is 0 Å². The first-order valence-corrected chi connectivity index (χ1v) is 7.04. The van der Waals surface area contributed by atoms with Crippen molar-refractivity contribution >= 4 is 27.3 Å². The molecule has 1 aromatic carbocycles. The summed E-state index contributed by atoms with van der Waals surface area (Å²) in [6.07, 6.45) is 0. The average molecular weight is 282 g/mol. The Kier molecular flexibility index (Phi) is 2.28. The number of hydrogen-bond acceptors (Lipinski definition) is 4. The molecule has 98 valence electrons. The maximum absolute atomic E-state index is 11.9. The zero-order chi connectivity index (χ0) is 13.7. The van der Waals surface area contributed by atoms with Gasteiger partial charge in [-0.05, 0) is 24.4 Å². The first-order valence-electron chi connectivity index (χ1n) is 6.16. The molecule has 0 saturated heterocycles. The fraction of sp³-hybridized carbons (Fsp3) is 0.0714. The summed E-state index contributed by atoms with van der Waals surface area (Å²) in [5, 5.41) is 10.9. The van der Waals surface area contributed by atoms with Crippen molar-refractivity contribution < 1.29 is 0 Å². The topological polar surface area (TPSA) is 63.0 Å². The monoisotopic (exact) mass is 282 g/mol. The molecule has 4 aromatic rings. The van der Waals surface area contributed by atoms with E-state index in [-0.39, 0.29) is 5.56 Å². The Balaban J connectivity index is 2.16. The molecule has 5 nitrogen and oxygen atoms in total. The molecule has 0 unspecified atom stereocenters. The van der Waals surface area contributed by atoms with Crippen LogP contribution in [-0.4, -0.2) is 19.6 Å². The summed E-state index contributed by atoms with van der Waals surface area (Å²) in [6, 6.07) is 9.89. The molecule has 6 heteroatoms. The van der Waals surface area contributed by atoms with Crippen LogP contribution in [0.15, 0.2) is 40.5 Å². The summed E-state index contributed by atoms with van der Waals surface area (Å²) in [7, 11) is 0. The predicted octanol–water partition coefficient (Wildman–Crippen LogP) is 2.61. The van der Waals surface area contributed by atoms with E-state index in [2.05, 4.69) is 21.2 Å². The van der Waals surface area contributed by atoms with E-state index in [1.807, 2.05) is 41.0 Å². The Morgan fingerprint density at radius 2 is 2.15 bits per heavy atom. The van der Waals surface area contributed by atoms with Crippen LogP contribution in [0, 0.1) is 6.92 Å². The Labute approximate surface area is 117 Å². The van der Waals surface area contributed by atoms with Gasteiger partial charge < -0.3 is 0 Å². The maximum atomic E-state index is 11.9. The highest BCUT2D eigenvalue weighted by molar-refractivity contribution is 7.16. The Morgan fingerprint density at radius 3 is 3.00 bits per heavy atom. The Hall–Kier alpha value is -2.47. The second-order valence-electron chi connectivity index (χ2n) is 4.65. The molecule has 0 aliphatic carbocycles. The van der Waals surface area contributed by atoms with E-state index in [1.165, 1.54) is 11.3 Å². The molecule has 0 bridgehead atoms. The Bertz CT molecular complexity index is 995. The highest BCUT2D eigenvalue weighted by Gasteiger charge is 2.14. The fourth-order valence-corrected chi connectivity index (χ4v) is 3.24. The van der Waals surface area contributed by atoms with Crippen molar-refractivity contribution in [2.24, 2.45) is 0 Å². The lowest BCUT2D eigenvalue weighted by Crippen LogP contribution is -2.08. The molecule has 20 heavy (non-hydrogen) atoms. The molecule has 0 aliphatic rings. The van der Waals surface area contributed by atoms with Crippen molar-refractivity contribution in [2.75, 3.05) is 0 Å². The lowest BCUT2D eigenvalue weighted by atomic mass is 10.1. The SMILES string of the molecule is Cc1cccc(-c2nnc3[nH]c(=O)c4ccsc4n23)c1. The highest BCUT2D eigenvalue weighted by Crippen LogP contribution is 2.24. The van der Waals surface area contributed by atoms with E-state index in [0.29, 0.717) is 11.2 Å². The number of nitrogens with zero attached hydrogens (tertiary/aromatic N) is 3. The molecular weight excluding hydrogens is 272 g/mol. The van der Waals surface area contributed by atoms with Gasteiger partial charge in [-0.2, -0.15) is 0 Å². The quantitative estimate of drug-likeness (QED) is 0.583. The van der Waals surface area contributed by atoms with Gasteiger partial charge in [0, 0.05) is 5.56 Å². The molecule has 4 rings (SSSR count).